The molecule has 4 rings (SSSR count). The fraction of sp³-hybridized carbons (Fsp3) is 0.294. The summed E-state index contributed by atoms with van der Waals surface area (Å²) >= 11 is 9.85. The van der Waals surface area contributed by atoms with Crippen molar-refractivity contribution < 1.29 is 4.74 Å². The summed E-state index contributed by atoms with van der Waals surface area (Å²) in [5, 5.41) is 8.51. The Labute approximate surface area is 153 Å². The molecule has 1 saturated heterocycles. The number of nitrogens with zero attached hydrogens (tertiary/aromatic N) is 3. The van der Waals surface area contributed by atoms with Crippen molar-refractivity contribution >= 4 is 39.0 Å². The van der Waals surface area contributed by atoms with E-state index in [-0.39, 0.29) is 6.10 Å². The molecule has 1 fully saturated rings. The molecule has 2 aromatic heterocycles. The maximum absolute atomic E-state index is 6.34. The standard InChI is InChI=1S/C17H16BrClN4O/c18-13-10-21-23-16(20-9-11-4-3-7-24-11)8-15(22-17(13)23)12-5-1-2-6-14(12)19/h1-2,5-6,8,10-11,20H,3-4,7,9H2. The molecule has 1 atom stereocenters. The first-order valence-electron chi connectivity index (χ1n) is 7.87. The summed E-state index contributed by atoms with van der Waals surface area (Å²) in [7, 11) is 0. The Hall–Kier alpha value is -1.63. The summed E-state index contributed by atoms with van der Waals surface area (Å²) in [5.74, 6) is 0.871. The molecule has 1 N–H and O–H groups in total. The third-order valence-electron chi connectivity index (χ3n) is 4.11. The van der Waals surface area contributed by atoms with E-state index < -0.39 is 0 Å². The van der Waals surface area contributed by atoms with Crippen molar-refractivity contribution in [1.82, 2.24) is 14.6 Å². The summed E-state index contributed by atoms with van der Waals surface area (Å²) in [5.41, 5.74) is 2.46. The Kier molecular flexibility index (Phi) is 4.43. The predicted molar refractivity (Wildman–Crippen MR) is 98.6 cm³/mol. The monoisotopic (exact) mass is 406 g/mol. The second kappa shape index (κ2) is 6.70. The van der Waals surface area contributed by atoms with Gasteiger partial charge in [-0.15, -0.1) is 0 Å². The molecule has 0 amide bonds. The van der Waals surface area contributed by atoms with Gasteiger partial charge in [-0.3, -0.25) is 0 Å². The van der Waals surface area contributed by atoms with E-state index in [9.17, 15) is 0 Å². The lowest BCUT2D eigenvalue weighted by Gasteiger charge is -2.14. The Morgan fingerprint density at radius 3 is 3.04 bits per heavy atom. The molecular formula is C17H16BrClN4O. The smallest absolute Gasteiger partial charge is 0.172 e. The van der Waals surface area contributed by atoms with Crippen LogP contribution in [0, 0.1) is 0 Å². The molecule has 7 heteroatoms. The van der Waals surface area contributed by atoms with E-state index in [0.29, 0.717) is 5.02 Å². The molecule has 24 heavy (non-hydrogen) atoms. The zero-order chi connectivity index (χ0) is 16.5. The van der Waals surface area contributed by atoms with Crippen LogP contribution >= 0.6 is 27.5 Å². The molecule has 1 unspecified atom stereocenters. The van der Waals surface area contributed by atoms with E-state index in [2.05, 4.69) is 26.3 Å². The fourth-order valence-corrected chi connectivity index (χ4v) is 3.47. The van der Waals surface area contributed by atoms with Crippen LogP contribution in [0.4, 0.5) is 5.82 Å². The van der Waals surface area contributed by atoms with Crippen LogP contribution in [-0.2, 0) is 4.74 Å². The van der Waals surface area contributed by atoms with Crippen molar-refractivity contribution in [2.75, 3.05) is 18.5 Å². The number of aromatic nitrogens is 3. The summed E-state index contributed by atoms with van der Waals surface area (Å²) in [4.78, 5) is 4.70. The molecule has 3 aromatic rings. The average Bonchev–Trinajstić information content (AvgIpc) is 3.23. The van der Waals surface area contributed by atoms with Crippen LogP contribution in [0.25, 0.3) is 16.9 Å². The van der Waals surface area contributed by atoms with Gasteiger partial charge in [0.05, 0.1) is 22.5 Å². The summed E-state index contributed by atoms with van der Waals surface area (Å²) < 4.78 is 8.32. The molecule has 0 radical (unpaired) electrons. The molecule has 0 bridgehead atoms. The maximum atomic E-state index is 6.34. The minimum atomic E-state index is 0.246. The van der Waals surface area contributed by atoms with Crippen LogP contribution in [0.2, 0.25) is 5.02 Å². The number of benzene rings is 1. The highest BCUT2D eigenvalue weighted by molar-refractivity contribution is 9.10. The van der Waals surface area contributed by atoms with Gasteiger partial charge in [-0.2, -0.15) is 9.61 Å². The van der Waals surface area contributed by atoms with Gasteiger partial charge in [-0.05, 0) is 34.8 Å². The number of anilines is 1. The fourth-order valence-electron chi connectivity index (χ4n) is 2.89. The Bertz CT molecular complexity index is 876. The van der Waals surface area contributed by atoms with Crippen molar-refractivity contribution in [3.63, 3.8) is 0 Å². The van der Waals surface area contributed by atoms with E-state index in [1.165, 1.54) is 0 Å². The van der Waals surface area contributed by atoms with Crippen molar-refractivity contribution in [2.45, 2.75) is 18.9 Å². The lowest BCUT2D eigenvalue weighted by atomic mass is 10.1. The normalized spacial score (nSPS) is 17.5. The molecule has 1 aliphatic rings. The van der Waals surface area contributed by atoms with Gasteiger partial charge < -0.3 is 10.1 Å². The second-order valence-corrected chi connectivity index (χ2v) is 7.01. The third kappa shape index (κ3) is 3.01. The summed E-state index contributed by atoms with van der Waals surface area (Å²) in [6.07, 6.45) is 4.20. The quantitative estimate of drug-likeness (QED) is 0.696. The van der Waals surface area contributed by atoms with Gasteiger partial charge in [0.1, 0.15) is 5.82 Å². The molecule has 1 aromatic carbocycles. The van der Waals surface area contributed by atoms with E-state index in [0.717, 1.165) is 53.2 Å². The number of rotatable bonds is 4. The molecule has 124 valence electrons. The van der Waals surface area contributed by atoms with Gasteiger partial charge >= 0.3 is 0 Å². The zero-order valence-corrected chi connectivity index (χ0v) is 15.2. The van der Waals surface area contributed by atoms with Gasteiger partial charge in [0.15, 0.2) is 5.65 Å². The molecule has 5 nitrogen and oxygen atoms in total. The first kappa shape index (κ1) is 15.9. The van der Waals surface area contributed by atoms with E-state index in [4.69, 9.17) is 21.3 Å². The average molecular weight is 408 g/mol. The Balaban J connectivity index is 1.75. The summed E-state index contributed by atoms with van der Waals surface area (Å²) in [6.45, 7) is 1.59. The van der Waals surface area contributed by atoms with Crippen LogP contribution in [0.15, 0.2) is 41.0 Å². The van der Waals surface area contributed by atoms with Crippen LogP contribution in [0.1, 0.15) is 12.8 Å². The molecule has 1 aliphatic heterocycles. The number of fused-ring (bicyclic) bond motifs is 1. The van der Waals surface area contributed by atoms with Gasteiger partial charge in [-0.1, -0.05) is 29.8 Å². The van der Waals surface area contributed by atoms with Gasteiger partial charge in [-0.25, -0.2) is 4.98 Å². The predicted octanol–water partition coefficient (Wildman–Crippen LogP) is 4.40. The Morgan fingerprint density at radius 2 is 2.25 bits per heavy atom. The Morgan fingerprint density at radius 1 is 1.38 bits per heavy atom. The minimum Gasteiger partial charge on any atom is -0.376 e. The molecule has 0 saturated carbocycles. The molecule has 3 heterocycles. The van der Waals surface area contributed by atoms with Gasteiger partial charge in [0, 0.05) is 29.8 Å². The topological polar surface area (TPSA) is 51.5 Å². The van der Waals surface area contributed by atoms with Crippen molar-refractivity contribution in [3.8, 4) is 11.3 Å². The maximum Gasteiger partial charge on any atom is 0.172 e. The number of hydrogen-bond acceptors (Lipinski definition) is 4. The summed E-state index contributed by atoms with van der Waals surface area (Å²) in [6, 6.07) is 9.68. The zero-order valence-electron chi connectivity index (χ0n) is 12.9. The molecule has 0 spiro atoms. The number of hydrogen-bond donors (Lipinski definition) is 1. The molecular weight excluding hydrogens is 392 g/mol. The number of ether oxygens (including phenoxy) is 1. The first-order valence-corrected chi connectivity index (χ1v) is 9.04. The van der Waals surface area contributed by atoms with Crippen LogP contribution in [0.3, 0.4) is 0 Å². The number of halogens is 2. The van der Waals surface area contributed by atoms with Crippen LogP contribution < -0.4 is 5.32 Å². The van der Waals surface area contributed by atoms with Crippen LogP contribution in [0.5, 0.6) is 0 Å². The number of nitrogens with one attached hydrogen (secondary N) is 1. The van der Waals surface area contributed by atoms with E-state index in [1.807, 2.05) is 30.3 Å². The highest BCUT2D eigenvalue weighted by atomic mass is 79.9. The first-order chi connectivity index (χ1) is 11.7. The lowest BCUT2D eigenvalue weighted by molar-refractivity contribution is 0.120. The van der Waals surface area contributed by atoms with Crippen molar-refractivity contribution in [3.05, 3.63) is 46.0 Å². The minimum absolute atomic E-state index is 0.246. The highest BCUT2D eigenvalue weighted by Gasteiger charge is 2.17. The van der Waals surface area contributed by atoms with E-state index >= 15 is 0 Å². The van der Waals surface area contributed by atoms with Crippen molar-refractivity contribution in [1.29, 1.82) is 0 Å². The van der Waals surface area contributed by atoms with Gasteiger partial charge in [0.25, 0.3) is 0 Å². The molecule has 0 aliphatic carbocycles. The van der Waals surface area contributed by atoms with Crippen LogP contribution in [-0.4, -0.2) is 33.9 Å². The third-order valence-corrected chi connectivity index (χ3v) is 5.00. The lowest BCUT2D eigenvalue weighted by Crippen LogP contribution is -2.20. The highest BCUT2D eigenvalue weighted by Crippen LogP contribution is 2.30. The van der Waals surface area contributed by atoms with Gasteiger partial charge in [0.2, 0.25) is 0 Å². The van der Waals surface area contributed by atoms with Crippen molar-refractivity contribution in [2.24, 2.45) is 0 Å². The largest absolute Gasteiger partial charge is 0.376 e. The van der Waals surface area contributed by atoms with E-state index in [1.54, 1.807) is 10.7 Å². The SMILES string of the molecule is Clc1ccccc1-c1cc(NCC2CCCO2)n2ncc(Br)c2n1. The second-order valence-electron chi connectivity index (χ2n) is 5.75.